The SMILES string of the molecule is O=C(CC1C(=O)N(CCc2cccs2)CC(=O)N1CCCc1cccs1)NCc1ccc(Cl)cc1. The Hall–Kier alpha value is -2.68. The highest BCUT2D eigenvalue weighted by Crippen LogP contribution is 2.20. The number of aryl methyl sites for hydroxylation is 1. The van der Waals surface area contributed by atoms with Gasteiger partial charge in [-0.2, -0.15) is 0 Å². The summed E-state index contributed by atoms with van der Waals surface area (Å²) in [6, 6.07) is 14.5. The summed E-state index contributed by atoms with van der Waals surface area (Å²) in [5.74, 6) is -0.508. The average molecular weight is 530 g/mol. The van der Waals surface area contributed by atoms with Crippen LogP contribution in [0, 0.1) is 0 Å². The lowest BCUT2D eigenvalue weighted by atomic mass is 10.0. The fourth-order valence-corrected chi connectivity index (χ4v) is 5.72. The number of benzene rings is 1. The van der Waals surface area contributed by atoms with Crippen LogP contribution in [0.15, 0.2) is 59.3 Å². The van der Waals surface area contributed by atoms with Crippen LogP contribution < -0.4 is 5.32 Å². The molecule has 0 spiro atoms. The number of carbonyl (C=O) groups excluding carboxylic acids is 3. The van der Waals surface area contributed by atoms with Crippen LogP contribution in [-0.2, 0) is 33.8 Å². The van der Waals surface area contributed by atoms with E-state index in [4.69, 9.17) is 11.6 Å². The Labute approximate surface area is 218 Å². The zero-order chi connectivity index (χ0) is 24.6. The highest BCUT2D eigenvalue weighted by atomic mass is 35.5. The molecule has 1 atom stereocenters. The Balaban J connectivity index is 1.40. The second kappa shape index (κ2) is 12.3. The third kappa shape index (κ3) is 7.16. The van der Waals surface area contributed by atoms with Gasteiger partial charge in [0.15, 0.2) is 0 Å². The molecule has 9 heteroatoms. The fourth-order valence-electron chi connectivity index (χ4n) is 4.15. The molecule has 1 fully saturated rings. The van der Waals surface area contributed by atoms with Crippen molar-refractivity contribution in [1.29, 1.82) is 0 Å². The van der Waals surface area contributed by atoms with Crippen LogP contribution in [0.25, 0.3) is 0 Å². The van der Waals surface area contributed by atoms with Crippen molar-refractivity contribution in [1.82, 2.24) is 15.1 Å². The highest BCUT2D eigenvalue weighted by Gasteiger charge is 2.39. The molecule has 6 nitrogen and oxygen atoms in total. The minimum absolute atomic E-state index is 0.0489. The first-order valence-corrected chi connectivity index (χ1v) is 13.8. The zero-order valence-electron chi connectivity index (χ0n) is 19.3. The molecule has 0 aliphatic carbocycles. The Morgan fingerprint density at radius 2 is 1.66 bits per heavy atom. The molecule has 1 aliphatic heterocycles. The predicted octanol–water partition coefficient (Wildman–Crippen LogP) is 4.38. The molecule has 1 saturated heterocycles. The summed E-state index contributed by atoms with van der Waals surface area (Å²) in [6.07, 6.45) is 2.24. The number of hydrogen-bond acceptors (Lipinski definition) is 5. The van der Waals surface area contributed by atoms with E-state index in [0.29, 0.717) is 31.1 Å². The first-order chi connectivity index (χ1) is 17.0. The van der Waals surface area contributed by atoms with E-state index in [1.54, 1.807) is 44.6 Å². The molecule has 0 bridgehead atoms. The molecule has 3 heterocycles. The number of carbonyl (C=O) groups is 3. The minimum Gasteiger partial charge on any atom is -0.352 e. The zero-order valence-corrected chi connectivity index (χ0v) is 21.7. The molecule has 3 amide bonds. The van der Waals surface area contributed by atoms with E-state index in [0.717, 1.165) is 18.4 Å². The number of piperazine rings is 1. The van der Waals surface area contributed by atoms with E-state index in [9.17, 15) is 14.4 Å². The van der Waals surface area contributed by atoms with Gasteiger partial charge < -0.3 is 15.1 Å². The summed E-state index contributed by atoms with van der Waals surface area (Å²) in [5.41, 5.74) is 0.916. The quantitative estimate of drug-likeness (QED) is 0.400. The average Bonchev–Trinajstić information content (AvgIpc) is 3.56. The summed E-state index contributed by atoms with van der Waals surface area (Å²) >= 11 is 9.25. The van der Waals surface area contributed by atoms with Crippen LogP contribution in [-0.4, -0.2) is 53.2 Å². The van der Waals surface area contributed by atoms with Gasteiger partial charge in [-0.25, -0.2) is 0 Å². The van der Waals surface area contributed by atoms with Gasteiger partial charge in [0.1, 0.15) is 6.04 Å². The first kappa shape index (κ1) is 25.4. The molecular formula is C26H28ClN3O3S2. The summed E-state index contributed by atoms with van der Waals surface area (Å²) in [5, 5.41) is 7.55. The van der Waals surface area contributed by atoms with Gasteiger partial charge in [0.05, 0.1) is 13.0 Å². The van der Waals surface area contributed by atoms with Crippen molar-refractivity contribution in [3.8, 4) is 0 Å². The van der Waals surface area contributed by atoms with Crippen LogP contribution >= 0.6 is 34.3 Å². The molecule has 3 aromatic rings. The summed E-state index contributed by atoms with van der Waals surface area (Å²) in [4.78, 5) is 45.0. The molecule has 2 aromatic heterocycles. The Kier molecular flexibility index (Phi) is 8.95. The van der Waals surface area contributed by atoms with Crippen molar-refractivity contribution in [2.75, 3.05) is 19.6 Å². The van der Waals surface area contributed by atoms with Gasteiger partial charge >= 0.3 is 0 Å². The van der Waals surface area contributed by atoms with Crippen molar-refractivity contribution < 1.29 is 14.4 Å². The van der Waals surface area contributed by atoms with E-state index in [2.05, 4.69) is 11.4 Å². The maximum atomic E-state index is 13.4. The smallest absolute Gasteiger partial charge is 0.246 e. The van der Waals surface area contributed by atoms with Crippen LogP contribution in [0.2, 0.25) is 5.02 Å². The van der Waals surface area contributed by atoms with E-state index in [1.807, 2.05) is 41.1 Å². The fraction of sp³-hybridized carbons (Fsp3) is 0.346. The van der Waals surface area contributed by atoms with Crippen molar-refractivity contribution >= 4 is 52.0 Å². The lowest BCUT2D eigenvalue weighted by Gasteiger charge is -2.40. The number of hydrogen-bond donors (Lipinski definition) is 1. The van der Waals surface area contributed by atoms with E-state index in [-0.39, 0.29) is 30.7 Å². The van der Waals surface area contributed by atoms with Gasteiger partial charge in [-0.1, -0.05) is 35.9 Å². The largest absolute Gasteiger partial charge is 0.352 e. The number of nitrogens with one attached hydrogen (secondary N) is 1. The molecule has 35 heavy (non-hydrogen) atoms. The maximum absolute atomic E-state index is 13.4. The third-order valence-corrected chi connectivity index (χ3v) is 8.14. The van der Waals surface area contributed by atoms with Crippen LogP contribution in [0.3, 0.4) is 0 Å². The molecule has 1 aliphatic rings. The molecule has 1 unspecified atom stereocenters. The summed E-state index contributed by atoms with van der Waals surface area (Å²) in [6.45, 7) is 1.32. The molecule has 1 N–H and O–H groups in total. The van der Waals surface area contributed by atoms with Crippen molar-refractivity contribution in [2.45, 2.75) is 38.3 Å². The van der Waals surface area contributed by atoms with E-state index >= 15 is 0 Å². The van der Waals surface area contributed by atoms with Gasteiger partial charge in [0, 0.05) is 34.4 Å². The van der Waals surface area contributed by atoms with Crippen LogP contribution in [0.1, 0.15) is 28.2 Å². The molecular weight excluding hydrogens is 502 g/mol. The normalized spacial score (nSPS) is 16.1. The Morgan fingerprint density at radius 1 is 0.971 bits per heavy atom. The standard InChI is InChI=1S/C26H28ClN3O3S2/c27-20-9-7-19(8-10-20)17-28-24(31)16-23-26(33)29(13-11-22-6-3-15-35-22)18-25(32)30(23)12-1-4-21-5-2-14-34-21/h2-3,5-10,14-15,23H,1,4,11-13,16-18H2,(H,28,31). The third-order valence-electron chi connectivity index (χ3n) is 6.01. The monoisotopic (exact) mass is 529 g/mol. The van der Waals surface area contributed by atoms with Gasteiger partial charge in [0.25, 0.3) is 0 Å². The van der Waals surface area contributed by atoms with Gasteiger partial charge in [-0.05, 0) is 59.9 Å². The Morgan fingerprint density at radius 3 is 2.31 bits per heavy atom. The molecule has 0 saturated carbocycles. The molecule has 0 radical (unpaired) electrons. The number of halogens is 1. The highest BCUT2D eigenvalue weighted by molar-refractivity contribution is 7.10. The van der Waals surface area contributed by atoms with Gasteiger partial charge in [-0.15, -0.1) is 22.7 Å². The topological polar surface area (TPSA) is 69.7 Å². The molecule has 184 valence electrons. The van der Waals surface area contributed by atoms with Crippen molar-refractivity contribution in [3.05, 3.63) is 79.6 Å². The Bertz CT molecular complexity index is 1120. The number of nitrogens with zero attached hydrogens (tertiary/aromatic N) is 2. The lowest BCUT2D eigenvalue weighted by Crippen LogP contribution is -2.61. The molecule has 1 aromatic carbocycles. The second-order valence-corrected chi connectivity index (χ2v) is 11.0. The molecule has 4 rings (SSSR count). The summed E-state index contributed by atoms with van der Waals surface area (Å²) < 4.78 is 0. The number of thiophene rings is 2. The lowest BCUT2D eigenvalue weighted by molar-refractivity contribution is -0.157. The van der Waals surface area contributed by atoms with Crippen LogP contribution in [0.4, 0.5) is 0 Å². The summed E-state index contributed by atoms with van der Waals surface area (Å²) in [7, 11) is 0. The number of rotatable bonds is 11. The first-order valence-electron chi connectivity index (χ1n) is 11.6. The van der Waals surface area contributed by atoms with E-state index < -0.39 is 6.04 Å². The van der Waals surface area contributed by atoms with Crippen LogP contribution in [0.5, 0.6) is 0 Å². The number of amides is 3. The van der Waals surface area contributed by atoms with E-state index in [1.165, 1.54) is 9.75 Å². The predicted molar refractivity (Wildman–Crippen MR) is 141 cm³/mol. The van der Waals surface area contributed by atoms with Gasteiger partial charge in [0.2, 0.25) is 17.7 Å². The van der Waals surface area contributed by atoms with Crippen molar-refractivity contribution in [3.63, 3.8) is 0 Å². The maximum Gasteiger partial charge on any atom is 0.246 e. The minimum atomic E-state index is -0.784. The van der Waals surface area contributed by atoms with Gasteiger partial charge in [-0.3, -0.25) is 14.4 Å². The van der Waals surface area contributed by atoms with Crippen molar-refractivity contribution in [2.24, 2.45) is 0 Å². The second-order valence-electron chi connectivity index (χ2n) is 8.48.